The Labute approximate surface area is 110 Å². The second kappa shape index (κ2) is 6.10. The van der Waals surface area contributed by atoms with Gasteiger partial charge in [0.1, 0.15) is 0 Å². The molecule has 2 heterocycles. The van der Waals surface area contributed by atoms with Crippen LogP contribution in [0.1, 0.15) is 23.8 Å². The van der Waals surface area contributed by atoms with Crippen LogP contribution in [0.4, 0.5) is 0 Å². The summed E-state index contributed by atoms with van der Waals surface area (Å²) in [6.07, 6.45) is 3.92. The van der Waals surface area contributed by atoms with E-state index in [4.69, 9.17) is 9.63 Å². The Morgan fingerprint density at radius 1 is 1.47 bits per heavy atom. The summed E-state index contributed by atoms with van der Waals surface area (Å²) in [6.45, 7) is 1.78. The molecule has 6 heteroatoms. The van der Waals surface area contributed by atoms with Gasteiger partial charge in [0.05, 0.1) is 12.6 Å². The molecule has 1 atom stereocenters. The standard InChI is InChI=1S/C13H15N3O3/c1-2-10(8-17)15-13(18)11-7-12(19-16-11)9-3-5-14-6-4-9/h3-7,10,17H,2,8H2,1H3,(H,15,18). The summed E-state index contributed by atoms with van der Waals surface area (Å²) in [7, 11) is 0. The predicted octanol–water partition coefficient (Wildman–Crippen LogP) is 1.24. The van der Waals surface area contributed by atoms with Crippen molar-refractivity contribution in [3.8, 4) is 11.3 Å². The van der Waals surface area contributed by atoms with Gasteiger partial charge in [-0.3, -0.25) is 9.78 Å². The smallest absolute Gasteiger partial charge is 0.273 e. The summed E-state index contributed by atoms with van der Waals surface area (Å²) < 4.78 is 5.12. The van der Waals surface area contributed by atoms with Gasteiger partial charge in [-0.1, -0.05) is 12.1 Å². The van der Waals surface area contributed by atoms with Gasteiger partial charge in [0, 0.05) is 24.0 Å². The Morgan fingerprint density at radius 2 is 2.21 bits per heavy atom. The van der Waals surface area contributed by atoms with Crippen molar-refractivity contribution in [2.45, 2.75) is 19.4 Å². The van der Waals surface area contributed by atoms with Crippen molar-refractivity contribution in [1.29, 1.82) is 0 Å². The van der Waals surface area contributed by atoms with Crippen LogP contribution in [0.3, 0.4) is 0 Å². The highest BCUT2D eigenvalue weighted by molar-refractivity contribution is 5.93. The first kappa shape index (κ1) is 13.2. The Hall–Kier alpha value is -2.21. The van der Waals surface area contributed by atoms with Crippen molar-refractivity contribution in [3.05, 3.63) is 36.3 Å². The molecule has 0 aliphatic rings. The van der Waals surface area contributed by atoms with E-state index in [1.165, 1.54) is 0 Å². The van der Waals surface area contributed by atoms with Crippen molar-refractivity contribution in [2.24, 2.45) is 0 Å². The number of hydrogen-bond donors (Lipinski definition) is 2. The first-order valence-electron chi connectivity index (χ1n) is 6.03. The summed E-state index contributed by atoms with van der Waals surface area (Å²) in [6, 6.07) is 4.83. The Morgan fingerprint density at radius 3 is 2.84 bits per heavy atom. The van der Waals surface area contributed by atoms with E-state index in [9.17, 15) is 4.79 Å². The lowest BCUT2D eigenvalue weighted by Crippen LogP contribution is -2.37. The van der Waals surface area contributed by atoms with E-state index in [2.05, 4.69) is 15.5 Å². The van der Waals surface area contributed by atoms with E-state index in [-0.39, 0.29) is 24.2 Å². The van der Waals surface area contributed by atoms with E-state index < -0.39 is 0 Å². The van der Waals surface area contributed by atoms with Gasteiger partial charge in [0.2, 0.25) is 0 Å². The summed E-state index contributed by atoms with van der Waals surface area (Å²) in [5.41, 5.74) is 0.995. The number of amides is 1. The van der Waals surface area contributed by atoms with Gasteiger partial charge in [-0.25, -0.2) is 0 Å². The molecule has 0 spiro atoms. The molecule has 2 aromatic heterocycles. The van der Waals surface area contributed by atoms with Crippen LogP contribution in [-0.2, 0) is 0 Å². The van der Waals surface area contributed by atoms with E-state index in [0.29, 0.717) is 12.2 Å². The highest BCUT2D eigenvalue weighted by atomic mass is 16.5. The molecule has 0 saturated heterocycles. The normalized spacial score (nSPS) is 12.1. The zero-order valence-electron chi connectivity index (χ0n) is 10.5. The zero-order valence-corrected chi connectivity index (χ0v) is 10.5. The van der Waals surface area contributed by atoms with E-state index in [1.807, 2.05) is 6.92 Å². The molecule has 0 radical (unpaired) electrons. The zero-order chi connectivity index (χ0) is 13.7. The van der Waals surface area contributed by atoms with Crippen LogP contribution < -0.4 is 5.32 Å². The molecule has 1 amide bonds. The fourth-order valence-corrected chi connectivity index (χ4v) is 1.57. The summed E-state index contributed by atoms with van der Waals surface area (Å²) >= 11 is 0. The molecule has 19 heavy (non-hydrogen) atoms. The fraction of sp³-hybridized carbons (Fsp3) is 0.308. The van der Waals surface area contributed by atoms with Gasteiger partial charge >= 0.3 is 0 Å². The minimum absolute atomic E-state index is 0.0999. The molecule has 100 valence electrons. The summed E-state index contributed by atoms with van der Waals surface area (Å²) in [4.78, 5) is 15.8. The number of aliphatic hydroxyl groups excluding tert-OH is 1. The molecule has 0 aliphatic heterocycles. The van der Waals surface area contributed by atoms with E-state index >= 15 is 0 Å². The molecule has 0 saturated carbocycles. The number of carbonyl (C=O) groups is 1. The average molecular weight is 261 g/mol. The minimum Gasteiger partial charge on any atom is -0.394 e. The summed E-state index contributed by atoms with van der Waals surface area (Å²) in [5.74, 6) is 0.148. The van der Waals surface area contributed by atoms with Crippen molar-refractivity contribution in [2.75, 3.05) is 6.61 Å². The van der Waals surface area contributed by atoms with Gasteiger partial charge < -0.3 is 14.9 Å². The first-order chi connectivity index (χ1) is 9.24. The number of hydrogen-bond acceptors (Lipinski definition) is 5. The topological polar surface area (TPSA) is 88.2 Å². The van der Waals surface area contributed by atoms with Gasteiger partial charge in [0.25, 0.3) is 5.91 Å². The Kier molecular flexibility index (Phi) is 4.25. The molecule has 0 fully saturated rings. The number of rotatable bonds is 5. The van der Waals surface area contributed by atoms with Crippen LogP contribution in [0.15, 0.2) is 35.1 Å². The van der Waals surface area contributed by atoms with E-state index in [1.54, 1.807) is 30.6 Å². The maximum Gasteiger partial charge on any atom is 0.273 e. The van der Waals surface area contributed by atoms with Crippen LogP contribution >= 0.6 is 0 Å². The van der Waals surface area contributed by atoms with Crippen molar-refractivity contribution in [1.82, 2.24) is 15.5 Å². The number of carbonyl (C=O) groups excluding carboxylic acids is 1. The lowest BCUT2D eigenvalue weighted by atomic mass is 10.2. The molecule has 0 bridgehead atoms. The maximum absolute atomic E-state index is 11.9. The molecule has 2 N–H and O–H groups in total. The van der Waals surface area contributed by atoms with Crippen LogP contribution in [-0.4, -0.2) is 33.8 Å². The highest BCUT2D eigenvalue weighted by Gasteiger charge is 2.16. The number of nitrogens with zero attached hydrogens (tertiary/aromatic N) is 2. The molecule has 0 aromatic carbocycles. The predicted molar refractivity (Wildman–Crippen MR) is 68.4 cm³/mol. The highest BCUT2D eigenvalue weighted by Crippen LogP contribution is 2.19. The molecule has 0 aliphatic carbocycles. The Balaban J connectivity index is 2.11. The minimum atomic E-state index is -0.357. The third kappa shape index (κ3) is 3.17. The number of aliphatic hydroxyl groups is 1. The molecular weight excluding hydrogens is 246 g/mol. The number of nitrogens with one attached hydrogen (secondary N) is 1. The third-order valence-corrected chi connectivity index (χ3v) is 2.76. The molecule has 2 rings (SSSR count). The SMILES string of the molecule is CCC(CO)NC(=O)c1cc(-c2ccncc2)on1. The van der Waals surface area contributed by atoms with Gasteiger partial charge in [-0.15, -0.1) is 0 Å². The monoisotopic (exact) mass is 261 g/mol. The van der Waals surface area contributed by atoms with Gasteiger partial charge in [0.15, 0.2) is 11.5 Å². The lowest BCUT2D eigenvalue weighted by Gasteiger charge is -2.11. The molecule has 1 unspecified atom stereocenters. The molecule has 2 aromatic rings. The van der Waals surface area contributed by atoms with Crippen LogP contribution in [0.25, 0.3) is 11.3 Å². The maximum atomic E-state index is 11.9. The van der Waals surface area contributed by atoms with Crippen LogP contribution in [0, 0.1) is 0 Å². The van der Waals surface area contributed by atoms with Crippen molar-refractivity contribution < 1.29 is 14.4 Å². The second-order valence-corrected chi connectivity index (χ2v) is 4.07. The largest absolute Gasteiger partial charge is 0.394 e. The third-order valence-electron chi connectivity index (χ3n) is 2.76. The number of aromatic nitrogens is 2. The Bertz CT molecular complexity index is 535. The lowest BCUT2D eigenvalue weighted by molar-refractivity contribution is 0.0906. The van der Waals surface area contributed by atoms with Gasteiger partial charge in [-0.05, 0) is 18.6 Å². The molecule has 6 nitrogen and oxygen atoms in total. The second-order valence-electron chi connectivity index (χ2n) is 4.07. The quantitative estimate of drug-likeness (QED) is 0.845. The first-order valence-corrected chi connectivity index (χ1v) is 6.03. The van der Waals surface area contributed by atoms with Gasteiger partial charge in [-0.2, -0.15) is 0 Å². The van der Waals surface area contributed by atoms with Crippen molar-refractivity contribution >= 4 is 5.91 Å². The average Bonchev–Trinajstić information content (AvgIpc) is 2.95. The van der Waals surface area contributed by atoms with E-state index in [0.717, 1.165) is 5.56 Å². The fourth-order valence-electron chi connectivity index (χ4n) is 1.57. The number of pyridine rings is 1. The van der Waals surface area contributed by atoms with Crippen LogP contribution in [0.5, 0.6) is 0 Å². The van der Waals surface area contributed by atoms with Crippen LogP contribution in [0.2, 0.25) is 0 Å². The van der Waals surface area contributed by atoms with Crippen molar-refractivity contribution in [3.63, 3.8) is 0 Å². The molecular formula is C13H15N3O3. The summed E-state index contributed by atoms with van der Waals surface area (Å²) in [5, 5.41) is 15.4.